The van der Waals surface area contributed by atoms with Gasteiger partial charge < -0.3 is 5.32 Å². The molecule has 23 heavy (non-hydrogen) atoms. The Morgan fingerprint density at radius 1 is 0.913 bits per heavy atom. The quantitative estimate of drug-likeness (QED) is 0.901. The molecule has 0 aromatic heterocycles. The lowest BCUT2D eigenvalue weighted by Crippen LogP contribution is -2.15. The number of hydrogen-bond donors (Lipinski definition) is 2. The fourth-order valence-electron chi connectivity index (χ4n) is 2.18. The van der Waals surface area contributed by atoms with Crippen LogP contribution in [0.1, 0.15) is 23.6 Å². The second kappa shape index (κ2) is 6.42. The van der Waals surface area contributed by atoms with Gasteiger partial charge in [0.05, 0.1) is 10.6 Å². The normalized spacial score (nSPS) is 11.1. The van der Waals surface area contributed by atoms with Crippen molar-refractivity contribution in [1.29, 1.82) is 0 Å². The van der Waals surface area contributed by atoms with Gasteiger partial charge in [-0.25, -0.2) is 8.42 Å². The zero-order valence-electron chi connectivity index (χ0n) is 13.6. The van der Waals surface area contributed by atoms with Gasteiger partial charge in [-0.15, -0.1) is 0 Å². The number of sulfonamides is 1. The van der Waals surface area contributed by atoms with Crippen LogP contribution in [0, 0.1) is 20.8 Å². The standard InChI is InChI=1S/C17H20N2O3S/c1-11-5-6-12(2)17(9-11)19-23(21,22)15-7-8-16(13(3)10-15)18-14(4)20/h5-10,19H,1-4H3,(H,18,20). The maximum atomic E-state index is 12.6. The molecule has 0 bridgehead atoms. The van der Waals surface area contributed by atoms with Gasteiger partial charge in [-0.2, -0.15) is 0 Å². The fraction of sp³-hybridized carbons (Fsp3) is 0.235. The van der Waals surface area contributed by atoms with Gasteiger partial charge in [0.2, 0.25) is 5.91 Å². The second-order valence-electron chi connectivity index (χ2n) is 5.58. The average Bonchev–Trinajstić information content (AvgIpc) is 2.44. The van der Waals surface area contributed by atoms with Crippen LogP contribution in [-0.4, -0.2) is 14.3 Å². The topological polar surface area (TPSA) is 75.3 Å². The zero-order valence-corrected chi connectivity index (χ0v) is 14.4. The number of aryl methyl sites for hydroxylation is 3. The molecule has 5 nitrogen and oxygen atoms in total. The molecule has 6 heteroatoms. The Balaban J connectivity index is 2.34. The molecule has 0 atom stereocenters. The molecule has 2 aromatic rings. The van der Waals surface area contributed by atoms with Gasteiger partial charge in [0.15, 0.2) is 0 Å². The van der Waals surface area contributed by atoms with Crippen LogP contribution in [0.5, 0.6) is 0 Å². The van der Waals surface area contributed by atoms with Gasteiger partial charge in [0.25, 0.3) is 10.0 Å². The summed E-state index contributed by atoms with van der Waals surface area (Å²) in [5, 5.41) is 2.66. The van der Waals surface area contributed by atoms with E-state index in [2.05, 4.69) is 10.0 Å². The van der Waals surface area contributed by atoms with E-state index in [9.17, 15) is 13.2 Å². The number of benzene rings is 2. The van der Waals surface area contributed by atoms with Gasteiger partial charge in [-0.1, -0.05) is 12.1 Å². The van der Waals surface area contributed by atoms with E-state index in [-0.39, 0.29) is 10.8 Å². The molecule has 0 aliphatic rings. The van der Waals surface area contributed by atoms with Crippen molar-refractivity contribution >= 4 is 27.3 Å². The summed E-state index contributed by atoms with van der Waals surface area (Å²) in [7, 11) is -3.68. The van der Waals surface area contributed by atoms with Crippen LogP contribution < -0.4 is 10.0 Å². The summed E-state index contributed by atoms with van der Waals surface area (Å²) in [5.74, 6) is -0.197. The summed E-state index contributed by atoms with van der Waals surface area (Å²) in [6.45, 7) is 6.92. The molecule has 0 fully saturated rings. The van der Waals surface area contributed by atoms with Crippen LogP contribution in [0.2, 0.25) is 0 Å². The number of anilines is 2. The molecule has 0 heterocycles. The van der Waals surface area contributed by atoms with Crippen molar-refractivity contribution < 1.29 is 13.2 Å². The van der Waals surface area contributed by atoms with E-state index in [0.29, 0.717) is 16.9 Å². The molecule has 122 valence electrons. The molecule has 0 aliphatic carbocycles. The third kappa shape index (κ3) is 4.10. The predicted octanol–water partition coefficient (Wildman–Crippen LogP) is 3.37. The summed E-state index contributed by atoms with van der Waals surface area (Å²) in [6.07, 6.45) is 0. The van der Waals surface area contributed by atoms with E-state index in [1.807, 2.05) is 26.0 Å². The van der Waals surface area contributed by atoms with Gasteiger partial charge in [0.1, 0.15) is 0 Å². The van der Waals surface area contributed by atoms with E-state index >= 15 is 0 Å². The van der Waals surface area contributed by atoms with Crippen LogP contribution in [0.4, 0.5) is 11.4 Å². The highest BCUT2D eigenvalue weighted by atomic mass is 32.2. The van der Waals surface area contributed by atoms with E-state index in [4.69, 9.17) is 0 Å². The van der Waals surface area contributed by atoms with Crippen LogP contribution in [0.15, 0.2) is 41.3 Å². The van der Waals surface area contributed by atoms with Crippen LogP contribution in [0.3, 0.4) is 0 Å². The molecule has 2 aromatic carbocycles. The minimum Gasteiger partial charge on any atom is -0.326 e. The molecule has 0 radical (unpaired) electrons. The summed E-state index contributed by atoms with van der Waals surface area (Å²) in [4.78, 5) is 11.3. The largest absolute Gasteiger partial charge is 0.326 e. The van der Waals surface area contributed by atoms with Crippen molar-refractivity contribution in [2.45, 2.75) is 32.6 Å². The Labute approximate surface area is 136 Å². The van der Waals surface area contributed by atoms with Gasteiger partial charge in [-0.05, 0) is 61.7 Å². The Morgan fingerprint density at radius 3 is 2.22 bits per heavy atom. The number of hydrogen-bond acceptors (Lipinski definition) is 3. The van der Waals surface area contributed by atoms with Gasteiger partial charge >= 0.3 is 0 Å². The summed E-state index contributed by atoms with van der Waals surface area (Å²) < 4.78 is 27.7. The Hall–Kier alpha value is -2.34. The molecule has 0 unspecified atom stereocenters. The maximum absolute atomic E-state index is 12.6. The Morgan fingerprint density at radius 2 is 1.61 bits per heavy atom. The summed E-state index contributed by atoms with van der Waals surface area (Å²) in [5.41, 5.74) is 3.68. The average molecular weight is 332 g/mol. The minimum atomic E-state index is -3.68. The first kappa shape index (κ1) is 17.0. The molecule has 1 amide bonds. The number of nitrogens with one attached hydrogen (secondary N) is 2. The molecule has 0 spiro atoms. The van der Waals surface area contributed by atoms with Crippen molar-refractivity contribution in [1.82, 2.24) is 0 Å². The fourth-order valence-corrected chi connectivity index (χ4v) is 3.39. The SMILES string of the molecule is CC(=O)Nc1ccc(S(=O)(=O)Nc2cc(C)ccc2C)cc1C. The highest BCUT2D eigenvalue weighted by Crippen LogP contribution is 2.24. The van der Waals surface area contributed by atoms with Crippen LogP contribution in [-0.2, 0) is 14.8 Å². The lowest BCUT2D eigenvalue weighted by molar-refractivity contribution is -0.114. The van der Waals surface area contributed by atoms with Crippen molar-refractivity contribution in [3.05, 3.63) is 53.1 Å². The Bertz CT molecular complexity index is 858. The molecule has 2 N–H and O–H groups in total. The Kier molecular flexibility index (Phi) is 4.75. The minimum absolute atomic E-state index is 0.157. The molecule has 0 aliphatic heterocycles. The molecule has 0 saturated heterocycles. The monoisotopic (exact) mass is 332 g/mol. The highest BCUT2D eigenvalue weighted by Gasteiger charge is 2.16. The van der Waals surface area contributed by atoms with E-state index in [0.717, 1.165) is 11.1 Å². The van der Waals surface area contributed by atoms with Crippen molar-refractivity contribution in [2.75, 3.05) is 10.0 Å². The van der Waals surface area contributed by atoms with Crippen LogP contribution in [0.25, 0.3) is 0 Å². The predicted molar refractivity (Wildman–Crippen MR) is 92.2 cm³/mol. The molecular weight excluding hydrogens is 312 g/mol. The highest BCUT2D eigenvalue weighted by molar-refractivity contribution is 7.92. The van der Waals surface area contributed by atoms with E-state index in [1.165, 1.54) is 13.0 Å². The van der Waals surface area contributed by atoms with Crippen LogP contribution >= 0.6 is 0 Å². The van der Waals surface area contributed by atoms with Crippen molar-refractivity contribution in [2.24, 2.45) is 0 Å². The summed E-state index contributed by atoms with van der Waals surface area (Å²) in [6, 6.07) is 10.2. The first-order valence-corrected chi connectivity index (χ1v) is 8.65. The maximum Gasteiger partial charge on any atom is 0.261 e. The van der Waals surface area contributed by atoms with E-state index in [1.54, 1.807) is 25.1 Å². The van der Waals surface area contributed by atoms with Crippen molar-refractivity contribution in [3.63, 3.8) is 0 Å². The first-order chi connectivity index (χ1) is 10.7. The third-order valence-electron chi connectivity index (χ3n) is 3.46. The first-order valence-electron chi connectivity index (χ1n) is 7.17. The lowest BCUT2D eigenvalue weighted by Gasteiger charge is -2.13. The second-order valence-corrected chi connectivity index (χ2v) is 7.26. The van der Waals surface area contributed by atoms with E-state index < -0.39 is 10.0 Å². The molecular formula is C17H20N2O3S. The van der Waals surface area contributed by atoms with Gasteiger partial charge in [-0.3, -0.25) is 9.52 Å². The lowest BCUT2D eigenvalue weighted by atomic mass is 10.1. The molecule has 2 rings (SSSR count). The summed E-state index contributed by atoms with van der Waals surface area (Å²) >= 11 is 0. The van der Waals surface area contributed by atoms with Gasteiger partial charge in [0, 0.05) is 12.6 Å². The van der Waals surface area contributed by atoms with Crippen molar-refractivity contribution in [3.8, 4) is 0 Å². The number of amides is 1. The molecule has 0 saturated carbocycles. The number of carbonyl (C=O) groups excluding carboxylic acids is 1. The number of carbonyl (C=O) groups is 1. The third-order valence-corrected chi connectivity index (χ3v) is 4.82. The smallest absolute Gasteiger partial charge is 0.261 e. The zero-order chi connectivity index (χ0) is 17.2. The number of rotatable bonds is 4.